The smallest absolute Gasteiger partial charge is 0.230 e. The van der Waals surface area contributed by atoms with Crippen LogP contribution in [0.15, 0.2) is 30.3 Å². The Hall–Kier alpha value is -1.42. The van der Waals surface area contributed by atoms with Crippen LogP contribution in [-0.2, 0) is 11.3 Å². The van der Waals surface area contributed by atoms with Crippen LogP contribution >= 0.6 is 12.2 Å². The summed E-state index contributed by atoms with van der Waals surface area (Å²) in [5.41, 5.74) is 6.55. The van der Waals surface area contributed by atoms with Crippen molar-refractivity contribution in [2.24, 2.45) is 11.7 Å². The predicted octanol–water partition coefficient (Wildman–Crippen LogP) is 1.62. The second kappa shape index (κ2) is 6.23. The molecular formula is C12H16N2OS. The lowest BCUT2D eigenvalue weighted by molar-refractivity contribution is -0.123. The number of rotatable bonds is 5. The Bertz CT molecular complexity index is 365. The molecule has 0 heterocycles. The standard InChI is InChI=1S/C12H16N2OS/c1-2-10(11(13)16)12(15)14-8-9-6-4-3-5-7-9/h3-7,10H,2,8H2,1H3,(H2,13,16)(H,14,15). The quantitative estimate of drug-likeness (QED) is 0.764. The summed E-state index contributed by atoms with van der Waals surface area (Å²) in [7, 11) is 0. The summed E-state index contributed by atoms with van der Waals surface area (Å²) in [6, 6.07) is 9.73. The Morgan fingerprint density at radius 3 is 2.56 bits per heavy atom. The average molecular weight is 236 g/mol. The summed E-state index contributed by atoms with van der Waals surface area (Å²) in [4.78, 5) is 12.0. The molecule has 1 rings (SSSR count). The van der Waals surface area contributed by atoms with E-state index in [2.05, 4.69) is 5.32 Å². The van der Waals surface area contributed by atoms with Gasteiger partial charge in [0.05, 0.1) is 10.9 Å². The van der Waals surface area contributed by atoms with Crippen LogP contribution in [0, 0.1) is 5.92 Å². The highest BCUT2D eigenvalue weighted by atomic mass is 32.1. The van der Waals surface area contributed by atoms with Crippen molar-refractivity contribution in [3.63, 3.8) is 0 Å². The Kier molecular flexibility index (Phi) is 4.92. The van der Waals surface area contributed by atoms with Crippen molar-refractivity contribution >= 4 is 23.1 Å². The van der Waals surface area contributed by atoms with E-state index in [9.17, 15) is 4.79 Å². The van der Waals surface area contributed by atoms with Gasteiger partial charge in [-0.25, -0.2) is 0 Å². The van der Waals surface area contributed by atoms with Crippen molar-refractivity contribution in [1.82, 2.24) is 5.32 Å². The SMILES string of the molecule is CCC(C(=O)NCc1ccccc1)C(N)=S. The monoisotopic (exact) mass is 236 g/mol. The van der Waals surface area contributed by atoms with Crippen molar-refractivity contribution < 1.29 is 4.79 Å². The maximum absolute atomic E-state index is 11.7. The van der Waals surface area contributed by atoms with Gasteiger partial charge in [0.25, 0.3) is 0 Å². The molecule has 3 N–H and O–H groups in total. The molecule has 1 atom stereocenters. The van der Waals surface area contributed by atoms with Crippen LogP contribution in [0.1, 0.15) is 18.9 Å². The van der Waals surface area contributed by atoms with Crippen LogP contribution in [0.25, 0.3) is 0 Å². The zero-order valence-electron chi connectivity index (χ0n) is 9.27. The van der Waals surface area contributed by atoms with Crippen molar-refractivity contribution in [3.8, 4) is 0 Å². The first-order valence-electron chi connectivity index (χ1n) is 5.26. The summed E-state index contributed by atoms with van der Waals surface area (Å²) >= 11 is 4.84. The number of amides is 1. The lowest BCUT2D eigenvalue weighted by atomic mass is 10.1. The number of hydrogen-bond donors (Lipinski definition) is 2. The zero-order chi connectivity index (χ0) is 12.0. The lowest BCUT2D eigenvalue weighted by Crippen LogP contribution is -2.37. The van der Waals surface area contributed by atoms with Gasteiger partial charge in [-0.2, -0.15) is 0 Å². The third-order valence-corrected chi connectivity index (χ3v) is 2.66. The fourth-order valence-corrected chi connectivity index (χ4v) is 1.70. The first-order valence-corrected chi connectivity index (χ1v) is 5.67. The van der Waals surface area contributed by atoms with Crippen LogP contribution < -0.4 is 11.1 Å². The summed E-state index contributed by atoms with van der Waals surface area (Å²) < 4.78 is 0. The number of benzene rings is 1. The minimum atomic E-state index is -0.362. The van der Waals surface area contributed by atoms with Gasteiger partial charge < -0.3 is 11.1 Å². The molecule has 4 heteroatoms. The molecule has 0 aromatic heterocycles. The molecule has 3 nitrogen and oxygen atoms in total. The molecule has 1 aromatic carbocycles. The molecule has 1 amide bonds. The highest BCUT2D eigenvalue weighted by Gasteiger charge is 2.18. The predicted molar refractivity (Wildman–Crippen MR) is 68.9 cm³/mol. The minimum absolute atomic E-state index is 0.0983. The third-order valence-electron chi connectivity index (χ3n) is 2.38. The van der Waals surface area contributed by atoms with Gasteiger partial charge in [-0.1, -0.05) is 49.5 Å². The van der Waals surface area contributed by atoms with Crippen LogP contribution in [0.2, 0.25) is 0 Å². The fourth-order valence-electron chi connectivity index (χ4n) is 1.42. The van der Waals surface area contributed by atoms with Crippen molar-refractivity contribution in [2.45, 2.75) is 19.9 Å². The van der Waals surface area contributed by atoms with Crippen LogP contribution in [0.5, 0.6) is 0 Å². The van der Waals surface area contributed by atoms with Gasteiger partial charge in [-0.3, -0.25) is 4.79 Å². The van der Waals surface area contributed by atoms with E-state index >= 15 is 0 Å². The molecule has 0 saturated heterocycles. The molecule has 1 aromatic rings. The molecule has 0 bridgehead atoms. The van der Waals surface area contributed by atoms with E-state index in [1.165, 1.54) is 0 Å². The van der Waals surface area contributed by atoms with Crippen molar-refractivity contribution in [2.75, 3.05) is 0 Å². The molecule has 0 radical (unpaired) electrons. The van der Waals surface area contributed by atoms with Gasteiger partial charge in [0.2, 0.25) is 5.91 Å². The van der Waals surface area contributed by atoms with Crippen LogP contribution in [0.4, 0.5) is 0 Å². The maximum Gasteiger partial charge on any atom is 0.230 e. The Labute approximate surface area is 101 Å². The van der Waals surface area contributed by atoms with E-state index in [4.69, 9.17) is 18.0 Å². The molecule has 0 aliphatic carbocycles. The minimum Gasteiger partial charge on any atom is -0.393 e. The van der Waals surface area contributed by atoms with E-state index in [1.54, 1.807) is 0 Å². The maximum atomic E-state index is 11.7. The van der Waals surface area contributed by atoms with E-state index in [-0.39, 0.29) is 16.8 Å². The molecule has 16 heavy (non-hydrogen) atoms. The second-order valence-electron chi connectivity index (χ2n) is 3.57. The van der Waals surface area contributed by atoms with Crippen LogP contribution in [0.3, 0.4) is 0 Å². The molecular weight excluding hydrogens is 220 g/mol. The fraction of sp³-hybridized carbons (Fsp3) is 0.333. The molecule has 86 valence electrons. The van der Waals surface area contributed by atoms with Gasteiger partial charge >= 0.3 is 0 Å². The molecule has 0 spiro atoms. The number of carbonyl (C=O) groups is 1. The summed E-state index contributed by atoms with van der Waals surface area (Å²) in [5.74, 6) is -0.461. The van der Waals surface area contributed by atoms with Gasteiger partial charge in [-0.05, 0) is 12.0 Å². The molecule has 0 aliphatic rings. The average Bonchev–Trinajstić information content (AvgIpc) is 2.28. The number of nitrogens with two attached hydrogens (primary N) is 1. The van der Waals surface area contributed by atoms with Gasteiger partial charge in [-0.15, -0.1) is 0 Å². The Morgan fingerprint density at radius 1 is 1.44 bits per heavy atom. The van der Waals surface area contributed by atoms with E-state index < -0.39 is 0 Å². The molecule has 0 saturated carbocycles. The topological polar surface area (TPSA) is 55.1 Å². The second-order valence-corrected chi connectivity index (χ2v) is 4.04. The van der Waals surface area contributed by atoms with E-state index in [0.717, 1.165) is 5.56 Å². The summed E-state index contributed by atoms with van der Waals surface area (Å²) in [6.45, 7) is 2.41. The van der Waals surface area contributed by atoms with E-state index in [0.29, 0.717) is 13.0 Å². The van der Waals surface area contributed by atoms with Gasteiger partial charge in [0.1, 0.15) is 0 Å². The van der Waals surface area contributed by atoms with Crippen molar-refractivity contribution in [3.05, 3.63) is 35.9 Å². The Morgan fingerprint density at radius 2 is 2.06 bits per heavy atom. The van der Waals surface area contributed by atoms with Crippen LogP contribution in [-0.4, -0.2) is 10.9 Å². The zero-order valence-corrected chi connectivity index (χ0v) is 10.1. The molecule has 0 aliphatic heterocycles. The Balaban J connectivity index is 2.49. The van der Waals surface area contributed by atoms with Gasteiger partial charge in [0, 0.05) is 6.54 Å². The van der Waals surface area contributed by atoms with E-state index in [1.807, 2.05) is 37.3 Å². The number of hydrogen-bond acceptors (Lipinski definition) is 2. The number of nitrogens with one attached hydrogen (secondary N) is 1. The molecule has 1 unspecified atom stereocenters. The highest BCUT2D eigenvalue weighted by Crippen LogP contribution is 2.04. The van der Waals surface area contributed by atoms with Crippen molar-refractivity contribution in [1.29, 1.82) is 0 Å². The van der Waals surface area contributed by atoms with Gasteiger partial charge in [0.15, 0.2) is 0 Å². The number of carbonyl (C=O) groups excluding carboxylic acids is 1. The largest absolute Gasteiger partial charge is 0.393 e. The summed E-state index contributed by atoms with van der Waals surface area (Å²) in [5, 5.41) is 2.82. The normalized spacial score (nSPS) is 11.8. The first kappa shape index (κ1) is 12.6. The first-order chi connectivity index (χ1) is 7.65. The number of thiocarbonyl (C=S) groups is 1. The third kappa shape index (κ3) is 3.62. The molecule has 0 fully saturated rings. The summed E-state index contributed by atoms with van der Waals surface area (Å²) in [6.07, 6.45) is 0.635. The lowest BCUT2D eigenvalue weighted by Gasteiger charge is -2.13. The highest BCUT2D eigenvalue weighted by molar-refractivity contribution is 7.80.